The summed E-state index contributed by atoms with van der Waals surface area (Å²) in [7, 11) is 0. The fourth-order valence-electron chi connectivity index (χ4n) is 3.15. The number of halogens is 5. The first kappa shape index (κ1) is 28.0. The van der Waals surface area contributed by atoms with Crippen LogP contribution in [-0.4, -0.2) is 42.5 Å². The number of benzene rings is 2. The van der Waals surface area contributed by atoms with Crippen LogP contribution in [0.15, 0.2) is 52.1 Å². The van der Waals surface area contributed by atoms with E-state index in [-0.39, 0.29) is 39.6 Å². The second kappa shape index (κ2) is 11.8. The molecule has 0 aliphatic heterocycles. The van der Waals surface area contributed by atoms with Gasteiger partial charge in [-0.05, 0) is 43.3 Å². The number of nitrogens with zero attached hydrogens (tertiary/aromatic N) is 5. The van der Waals surface area contributed by atoms with E-state index in [0.29, 0.717) is 14.6 Å². The van der Waals surface area contributed by atoms with Crippen LogP contribution in [0.4, 0.5) is 18.3 Å². The summed E-state index contributed by atoms with van der Waals surface area (Å²) in [4.78, 5) is 25.1. The Balaban J connectivity index is 1.59. The third-order valence-electron chi connectivity index (χ3n) is 4.82. The van der Waals surface area contributed by atoms with Crippen LogP contribution >= 0.6 is 50.6 Å². The highest BCUT2D eigenvalue weighted by molar-refractivity contribution is 9.10. The van der Waals surface area contributed by atoms with Crippen molar-refractivity contribution in [3.8, 4) is 5.69 Å². The molecule has 4 aromatic rings. The minimum Gasteiger partial charge on any atom is -0.345 e. The second-order valence-electron chi connectivity index (χ2n) is 7.55. The Hall–Kier alpha value is -3.01. The third-order valence-corrected chi connectivity index (χ3v) is 7.32. The van der Waals surface area contributed by atoms with E-state index >= 15 is 0 Å². The van der Waals surface area contributed by atoms with Crippen LogP contribution in [0.3, 0.4) is 0 Å². The minimum absolute atomic E-state index is 0.109. The average molecular weight is 647 g/mol. The van der Waals surface area contributed by atoms with E-state index in [9.17, 15) is 22.8 Å². The molecule has 0 fully saturated rings. The molecular weight excluding hydrogens is 631 g/mol. The van der Waals surface area contributed by atoms with E-state index < -0.39 is 23.6 Å². The van der Waals surface area contributed by atoms with Gasteiger partial charge in [-0.3, -0.25) is 19.5 Å². The molecule has 0 saturated carbocycles. The standard InChI is InChI=1S/C22H16BrClF3N7O2S2/c1-11-30-32-20(38-11)29-18(35)10-37-21-33-31-17(9-28-19(36)15-8-13(23)5-6-16(15)24)34(21)14-4-2-3-12(7-14)22(25,26)27/h2-8H,9-10H2,1H3,(H,28,36)(H,29,32,35). The number of carbonyl (C=O) groups excluding carboxylic acids is 2. The zero-order chi connectivity index (χ0) is 27.4. The lowest BCUT2D eigenvalue weighted by Crippen LogP contribution is -2.25. The molecule has 0 aliphatic rings. The molecule has 0 aliphatic carbocycles. The van der Waals surface area contributed by atoms with Crippen LogP contribution in [0.5, 0.6) is 0 Å². The molecule has 0 spiro atoms. The fourth-order valence-corrected chi connectivity index (χ4v) is 5.09. The maximum absolute atomic E-state index is 13.4. The fraction of sp³-hybridized carbons (Fsp3) is 0.182. The van der Waals surface area contributed by atoms with Crippen LogP contribution < -0.4 is 10.6 Å². The van der Waals surface area contributed by atoms with Gasteiger partial charge in [0, 0.05) is 4.47 Å². The van der Waals surface area contributed by atoms with Crippen molar-refractivity contribution in [3.63, 3.8) is 0 Å². The van der Waals surface area contributed by atoms with Crippen LogP contribution in [0, 0.1) is 6.92 Å². The van der Waals surface area contributed by atoms with Gasteiger partial charge in [-0.25, -0.2) is 0 Å². The molecule has 0 unspecified atom stereocenters. The van der Waals surface area contributed by atoms with Crippen molar-refractivity contribution in [2.45, 2.75) is 24.8 Å². The summed E-state index contributed by atoms with van der Waals surface area (Å²) < 4.78 is 42.2. The van der Waals surface area contributed by atoms with Gasteiger partial charge in [0.1, 0.15) is 5.01 Å². The molecule has 16 heteroatoms. The summed E-state index contributed by atoms with van der Waals surface area (Å²) in [5, 5.41) is 22.4. The molecule has 2 aromatic carbocycles. The summed E-state index contributed by atoms with van der Waals surface area (Å²) in [6.07, 6.45) is -4.58. The number of carbonyl (C=O) groups is 2. The zero-order valence-electron chi connectivity index (χ0n) is 19.2. The van der Waals surface area contributed by atoms with E-state index in [0.717, 1.165) is 23.9 Å². The Morgan fingerprint density at radius 1 is 1.13 bits per heavy atom. The first-order valence-electron chi connectivity index (χ1n) is 10.6. The minimum atomic E-state index is -4.58. The predicted octanol–water partition coefficient (Wildman–Crippen LogP) is 5.52. The van der Waals surface area contributed by atoms with Crippen molar-refractivity contribution in [3.05, 3.63) is 73.9 Å². The monoisotopic (exact) mass is 645 g/mol. The molecule has 2 N–H and O–H groups in total. The number of aromatic nitrogens is 5. The molecule has 198 valence electrons. The van der Waals surface area contributed by atoms with Gasteiger partial charge >= 0.3 is 6.18 Å². The molecule has 0 radical (unpaired) electrons. The molecule has 2 aromatic heterocycles. The topological polar surface area (TPSA) is 115 Å². The lowest BCUT2D eigenvalue weighted by Gasteiger charge is -2.13. The molecule has 9 nitrogen and oxygen atoms in total. The zero-order valence-corrected chi connectivity index (χ0v) is 23.2. The number of thioether (sulfide) groups is 1. The van der Waals surface area contributed by atoms with Gasteiger partial charge in [0.15, 0.2) is 11.0 Å². The van der Waals surface area contributed by atoms with E-state index in [2.05, 4.69) is 47.0 Å². The number of hydrogen-bond acceptors (Lipinski definition) is 8. The highest BCUT2D eigenvalue weighted by Crippen LogP contribution is 2.32. The lowest BCUT2D eigenvalue weighted by atomic mass is 10.2. The summed E-state index contributed by atoms with van der Waals surface area (Å²) in [6, 6.07) is 9.34. The normalized spacial score (nSPS) is 11.4. The summed E-state index contributed by atoms with van der Waals surface area (Å²) in [6.45, 7) is 1.56. The molecule has 4 rings (SSSR count). The van der Waals surface area contributed by atoms with Gasteiger partial charge in [-0.2, -0.15) is 13.2 Å². The van der Waals surface area contributed by atoms with Crippen molar-refractivity contribution in [1.29, 1.82) is 0 Å². The number of alkyl halides is 3. The first-order chi connectivity index (χ1) is 18.0. The molecule has 0 saturated heterocycles. The number of amides is 2. The molecule has 0 bridgehead atoms. The van der Waals surface area contributed by atoms with E-state index in [1.165, 1.54) is 34.1 Å². The molecule has 38 heavy (non-hydrogen) atoms. The summed E-state index contributed by atoms with van der Waals surface area (Å²) >= 11 is 11.6. The van der Waals surface area contributed by atoms with Crippen molar-refractivity contribution in [1.82, 2.24) is 30.3 Å². The Morgan fingerprint density at radius 2 is 1.92 bits per heavy atom. The molecule has 0 atom stereocenters. The maximum atomic E-state index is 13.4. The molecule has 2 amide bonds. The summed E-state index contributed by atoms with van der Waals surface area (Å²) in [5.41, 5.74) is -0.568. The Bertz CT molecular complexity index is 1500. The van der Waals surface area contributed by atoms with E-state index in [1.807, 2.05) is 0 Å². The van der Waals surface area contributed by atoms with Gasteiger partial charge in [-0.15, -0.1) is 20.4 Å². The van der Waals surface area contributed by atoms with Crippen molar-refractivity contribution >= 4 is 67.6 Å². The van der Waals surface area contributed by atoms with Crippen molar-refractivity contribution < 1.29 is 22.8 Å². The smallest absolute Gasteiger partial charge is 0.345 e. The number of nitrogens with one attached hydrogen (secondary N) is 2. The number of anilines is 1. The third kappa shape index (κ3) is 6.89. The maximum Gasteiger partial charge on any atom is 0.416 e. The van der Waals surface area contributed by atoms with Crippen LogP contribution in [0.1, 0.15) is 26.8 Å². The van der Waals surface area contributed by atoms with Gasteiger partial charge < -0.3 is 5.32 Å². The van der Waals surface area contributed by atoms with Crippen molar-refractivity contribution in [2.75, 3.05) is 11.1 Å². The average Bonchev–Trinajstić information content (AvgIpc) is 3.47. The second-order valence-corrected chi connectivity index (χ2v) is 11.0. The number of rotatable bonds is 8. The molecular formula is C22H16BrClF3N7O2S2. The number of aryl methyl sites for hydroxylation is 1. The predicted molar refractivity (Wildman–Crippen MR) is 141 cm³/mol. The Morgan fingerprint density at radius 3 is 2.63 bits per heavy atom. The van der Waals surface area contributed by atoms with Crippen LogP contribution in [0.25, 0.3) is 5.69 Å². The first-order valence-corrected chi connectivity index (χ1v) is 13.6. The molecule has 2 heterocycles. The van der Waals surface area contributed by atoms with Crippen LogP contribution in [0.2, 0.25) is 5.02 Å². The lowest BCUT2D eigenvalue weighted by molar-refractivity contribution is -0.137. The van der Waals surface area contributed by atoms with Gasteiger partial charge in [0.25, 0.3) is 5.91 Å². The quantitative estimate of drug-likeness (QED) is 0.242. The van der Waals surface area contributed by atoms with Gasteiger partial charge in [0.05, 0.1) is 34.1 Å². The van der Waals surface area contributed by atoms with Crippen LogP contribution in [-0.2, 0) is 17.5 Å². The largest absolute Gasteiger partial charge is 0.416 e. The van der Waals surface area contributed by atoms with Crippen molar-refractivity contribution in [2.24, 2.45) is 0 Å². The SMILES string of the molecule is Cc1nnc(NC(=O)CSc2nnc(CNC(=O)c3cc(Br)ccc3Cl)n2-c2cccc(C(F)(F)F)c2)s1. The van der Waals surface area contributed by atoms with Gasteiger partial charge in [-0.1, -0.05) is 56.7 Å². The Labute approximate surface area is 235 Å². The van der Waals surface area contributed by atoms with Gasteiger partial charge in [0.2, 0.25) is 11.0 Å². The van der Waals surface area contributed by atoms with E-state index in [4.69, 9.17) is 11.6 Å². The highest BCUT2D eigenvalue weighted by atomic mass is 79.9. The Kier molecular flexibility index (Phi) is 8.70. The number of hydrogen-bond donors (Lipinski definition) is 2. The highest BCUT2D eigenvalue weighted by Gasteiger charge is 2.31. The van der Waals surface area contributed by atoms with E-state index in [1.54, 1.807) is 19.1 Å². The summed E-state index contributed by atoms with van der Waals surface area (Å²) in [5.74, 6) is -0.915.